The number of aromatic nitrogens is 1. The third-order valence-corrected chi connectivity index (χ3v) is 11.2. The van der Waals surface area contributed by atoms with Crippen molar-refractivity contribution in [3.63, 3.8) is 0 Å². The maximum atomic E-state index is 14.6. The number of carbonyl (C=O) groups excluding carboxylic acids is 3. The van der Waals surface area contributed by atoms with Crippen LogP contribution in [0.4, 0.5) is 0 Å². The monoisotopic (exact) mass is 757 g/mol. The summed E-state index contributed by atoms with van der Waals surface area (Å²) in [4.78, 5) is 60.1. The first-order chi connectivity index (χ1) is 25.2. The molecule has 1 aromatic heterocycles. The number of carbonyl (C=O) groups is 4. The van der Waals surface area contributed by atoms with Gasteiger partial charge in [-0.2, -0.15) is 0 Å². The Labute approximate surface area is 322 Å². The van der Waals surface area contributed by atoms with E-state index in [-0.39, 0.29) is 53.6 Å². The Morgan fingerprint density at radius 1 is 0.887 bits per heavy atom. The molecule has 53 heavy (non-hydrogen) atoms. The number of carboxylic acids is 1. The fraction of sp³-hybridized carbons (Fsp3) is 0.683. The highest BCUT2D eigenvalue weighted by Crippen LogP contribution is 2.32. The average molecular weight is 758 g/mol. The first kappa shape index (κ1) is 45.8. The fourth-order valence-corrected chi connectivity index (χ4v) is 7.45. The van der Waals surface area contributed by atoms with E-state index in [1.165, 1.54) is 11.3 Å². The molecule has 0 fully saturated rings. The number of likely N-dealkylation sites (N-methyl/N-ethyl adjacent to an activating group) is 1. The van der Waals surface area contributed by atoms with Crippen LogP contribution in [0.2, 0.25) is 0 Å². The Bertz CT molecular complexity index is 1400. The molecule has 0 radical (unpaired) electrons. The summed E-state index contributed by atoms with van der Waals surface area (Å²) in [5.74, 6) is -2.09. The second kappa shape index (κ2) is 23.4. The second-order valence-corrected chi connectivity index (χ2v) is 15.8. The lowest BCUT2D eigenvalue weighted by molar-refractivity contribution is -0.142. The minimum atomic E-state index is -0.911. The molecule has 12 heteroatoms. The minimum absolute atomic E-state index is 0.0642. The van der Waals surface area contributed by atoms with E-state index < -0.39 is 36.1 Å². The summed E-state index contributed by atoms with van der Waals surface area (Å²) in [7, 11) is 1.78. The smallest absolute Gasteiger partial charge is 0.306 e. The quantitative estimate of drug-likeness (QED) is 0.0857. The number of ether oxygens (including phenoxy) is 1. The van der Waals surface area contributed by atoms with E-state index in [4.69, 9.17) is 9.72 Å². The Kier molecular flexibility index (Phi) is 20.3. The molecule has 1 unspecified atom stereocenters. The summed E-state index contributed by atoms with van der Waals surface area (Å²) in [5.41, 5.74) is 1.25. The SMILES string of the molecule is CCCO[C@H](C[C@H](C(C)C)N(CCC)C(=O)[C@@H](NC(=O)[C@H](NC)[C@@H](C)CC)[C@@H](C)CC)c1nc(C(=O)NC(Cc2ccccc2)C[C@H](C)C(=O)O)cs1. The molecule has 2 aromatic rings. The zero-order valence-corrected chi connectivity index (χ0v) is 34.6. The molecule has 2 rings (SSSR count). The summed E-state index contributed by atoms with van der Waals surface area (Å²) >= 11 is 1.35. The third-order valence-electron chi connectivity index (χ3n) is 10.2. The van der Waals surface area contributed by atoms with E-state index >= 15 is 0 Å². The van der Waals surface area contributed by atoms with Gasteiger partial charge in [0.15, 0.2) is 0 Å². The van der Waals surface area contributed by atoms with Crippen LogP contribution in [-0.2, 0) is 25.5 Å². The van der Waals surface area contributed by atoms with E-state index in [0.29, 0.717) is 31.0 Å². The summed E-state index contributed by atoms with van der Waals surface area (Å²) in [6.45, 7) is 19.1. The van der Waals surface area contributed by atoms with Gasteiger partial charge < -0.3 is 30.7 Å². The van der Waals surface area contributed by atoms with Crippen LogP contribution in [0.1, 0.15) is 128 Å². The molecule has 11 nitrogen and oxygen atoms in total. The fourth-order valence-electron chi connectivity index (χ4n) is 6.59. The van der Waals surface area contributed by atoms with Crippen molar-refractivity contribution >= 4 is 35.0 Å². The summed E-state index contributed by atoms with van der Waals surface area (Å²) in [5, 5.41) is 21.3. The number of nitrogens with zero attached hydrogens (tertiary/aromatic N) is 2. The number of rotatable bonds is 25. The number of nitrogens with one attached hydrogen (secondary N) is 3. The van der Waals surface area contributed by atoms with Gasteiger partial charge in [0.05, 0.1) is 12.0 Å². The largest absolute Gasteiger partial charge is 0.481 e. The van der Waals surface area contributed by atoms with Crippen molar-refractivity contribution in [2.75, 3.05) is 20.2 Å². The molecule has 0 spiro atoms. The van der Waals surface area contributed by atoms with Crippen molar-refractivity contribution in [2.45, 2.75) is 138 Å². The highest BCUT2D eigenvalue weighted by atomic mass is 32.1. The Morgan fingerprint density at radius 3 is 2.08 bits per heavy atom. The first-order valence-electron chi connectivity index (χ1n) is 19.6. The van der Waals surface area contributed by atoms with Gasteiger partial charge in [-0.3, -0.25) is 19.2 Å². The normalized spacial score (nSPS) is 16.1. The molecule has 1 heterocycles. The molecule has 0 bridgehead atoms. The number of thiazole rings is 1. The number of amides is 3. The van der Waals surface area contributed by atoms with Crippen LogP contribution >= 0.6 is 11.3 Å². The highest BCUT2D eigenvalue weighted by molar-refractivity contribution is 7.09. The standard InChI is InChI=1S/C41H67N5O6S/c1-11-20-46(40(49)36(28(8)14-4)45-38(48)35(42-10)27(7)13-3)33(26(5)6)24-34(52-21-12-2)39-44-32(25-53-39)37(47)43-31(22-29(9)41(50)51)23-30-18-16-15-17-19-30/h15-19,25-29,31,33-36,42H,11-14,20-24H2,1-10H3,(H,43,47)(H,45,48)(H,50,51)/t27-,28-,29-,31?,33+,34+,35+,36-/m0/s1. The lowest BCUT2D eigenvalue weighted by atomic mass is 9.91. The van der Waals surface area contributed by atoms with Crippen LogP contribution in [0.15, 0.2) is 35.7 Å². The molecule has 298 valence electrons. The molecule has 0 saturated heterocycles. The van der Waals surface area contributed by atoms with Crippen LogP contribution in [0.3, 0.4) is 0 Å². The summed E-state index contributed by atoms with van der Waals surface area (Å²) in [6.07, 6.45) is 3.85. The second-order valence-electron chi connectivity index (χ2n) is 14.9. The van der Waals surface area contributed by atoms with Gasteiger partial charge in [0, 0.05) is 37.0 Å². The molecule has 0 aliphatic carbocycles. The van der Waals surface area contributed by atoms with Gasteiger partial charge in [-0.15, -0.1) is 11.3 Å². The van der Waals surface area contributed by atoms with Gasteiger partial charge in [-0.1, -0.05) is 105 Å². The van der Waals surface area contributed by atoms with Crippen molar-refractivity contribution in [2.24, 2.45) is 23.7 Å². The van der Waals surface area contributed by atoms with Crippen molar-refractivity contribution in [3.05, 3.63) is 52.0 Å². The number of carboxylic acid groups (broad SMARTS) is 1. The molecule has 3 amide bonds. The lowest BCUT2D eigenvalue weighted by Gasteiger charge is -2.39. The van der Waals surface area contributed by atoms with Crippen molar-refractivity contribution < 1.29 is 29.0 Å². The molecular formula is C41H67N5O6S. The number of benzene rings is 1. The van der Waals surface area contributed by atoms with E-state index in [1.807, 2.05) is 69.9 Å². The van der Waals surface area contributed by atoms with Crippen LogP contribution in [0, 0.1) is 23.7 Å². The number of hydrogen-bond acceptors (Lipinski definition) is 8. The molecule has 8 atom stereocenters. The predicted molar refractivity (Wildman–Crippen MR) is 213 cm³/mol. The van der Waals surface area contributed by atoms with E-state index in [9.17, 15) is 24.3 Å². The maximum absolute atomic E-state index is 14.6. The van der Waals surface area contributed by atoms with Gasteiger partial charge in [0.25, 0.3) is 5.91 Å². The van der Waals surface area contributed by atoms with Crippen molar-refractivity contribution in [1.29, 1.82) is 0 Å². The number of hydrogen-bond donors (Lipinski definition) is 4. The molecule has 0 aliphatic heterocycles. The Hall–Kier alpha value is -3.35. The molecule has 0 aliphatic rings. The van der Waals surface area contributed by atoms with Gasteiger partial charge in [-0.05, 0) is 56.0 Å². The predicted octanol–water partition coefficient (Wildman–Crippen LogP) is 6.88. The minimum Gasteiger partial charge on any atom is -0.481 e. The van der Waals surface area contributed by atoms with Gasteiger partial charge in [0.1, 0.15) is 22.8 Å². The topological polar surface area (TPSA) is 150 Å². The van der Waals surface area contributed by atoms with Crippen molar-refractivity contribution in [3.8, 4) is 0 Å². The summed E-state index contributed by atoms with van der Waals surface area (Å²) < 4.78 is 6.41. The van der Waals surface area contributed by atoms with Gasteiger partial charge in [-0.25, -0.2) is 4.98 Å². The lowest BCUT2D eigenvalue weighted by Crippen LogP contribution is -2.59. The van der Waals surface area contributed by atoms with Crippen LogP contribution in [0.5, 0.6) is 0 Å². The molecule has 4 N–H and O–H groups in total. The van der Waals surface area contributed by atoms with Crippen LogP contribution < -0.4 is 16.0 Å². The Balaban J connectivity index is 2.40. The Morgan fingerprint density at radius 2 is 1.53 bits per heavy atom. The van der Waals surface area contributed by atoms with Gasteiger partial charge in [0.2, 0.25) is 11.8 Å². The molecule has 0 saturated carbocycles. The van der Waals surface area contributed by atoms with Gasteiger partial charge >= 0.3 is 5.97 Å². The van der Waals surface area contributed by atoms with E-state index in [0.717, 1.165) is 31.2 Å². The maximum Gasteiger partial charge on any atom is 0.306 e. The first-order valence-corrected chi connectivity index (χ1v) is 20.5. The zero-order valence-electron chi connectivity index (χ0n) is 33.8. The highest BCUT2D eigenvalue weighted by Gasteiger charge is 2.38. The molecule has 1 aromatic carbocycles. The summed E-state index contributed by atoms with van der Waals surface area (Å²) in [6, 6.07) is 7.97. The molecular weight excluding hydrogens is 691 g/mol. The van der Waals surface area contributed by atoms with Crippen LogP contribution in [-0.4, -0.2) is 83.0 Å². The van der Waals surface area contributed by atoms with Crippen LogP contribution in [0.25, 0.3) is 0 Å². The van der Waals surface area contributed by atoms with E-state index in [2.05, 4.69) is 36.7 Å². The average Bonchev–Trinajstić information content (AvgIpc) is 3.63. The third kappa shape index (κ3) is 14.1. The van der Waals surface area contributed by atoms with Crippen molar-refractivity contribution in [1.82, 2.24) is 25.8 Å². The zero-order chi connectivity index (χ0) is 39.7. The number of aliphatic carboxylic acids is 1. The van der Waals surface area contributed by atoms with E-state index in [1.54, 1.807) is 19.4 Å².